The lowest BCUT2D eigenvalue weighted by Gasteiger charge is -2.03. The zero-order valence-electron chi connectivity index (χ0n) is 8.12. The molecular formula is C10H10N2O2S. The molecule has 0 saturated carbocycles. The molecule has 0 aliphatic carbocycles. The Balaban J connectivity index is 2.11. The van der Waals surface area contributed by atoms with Crippen molar-refractivity contribution in [1.82, 2.24) is 9.97 Å². The maximum absolute atomic E-state index is 9.27. The molecule has 2 heterocycles. The van der Waals surface area contributed by atoms with Gasteiger partial charge in [-0.2, -0.15) is 0 Å². The molecule has 2 aromatic rings. The van der Waals surface area contributed by atoms with E-state index in [2.05, 4.69) is 9.97 Å². The third-order valence-electron chi connectivity index (χ3n) is 1.80. The predicted octanol–water partition coefficient (Wildman–Crippen LogP) is 2.27. The van der Waals surface area contributed by atoms with E-state index in [0.717, 1.165) is 4.90 Å². The number of aromatic nitrogens is 2. The predicted molar refractivity (Wildman–Crippen MR) is 55.5 cm³/mol. The molecule has 15 heavy (non-hydrogen) atoms. The Morgan fingerprint density at radius 1 is 1.40 bits per heavy atom. The number of oxazole rings is 1. The first-order valence-electron chi connectivity index (χ1n) is 4.47. The second-order valence-electron chi connectivity index (χ2n) is 2.99. The number of aliphatic hydroxyl groups is 1. The monoisotopic (exact) mass is 222 g/mol. The molecule has 1 unspecified atom stereocenters. The van der Waals surface area contributed by atoms with Crippen LogP contribution in [0.2, 0.25) is 0 Å². The van der Waals surface area contributed by atoms with Crippen LogP contribution in [0.15, 0.2) is 45.3 Å². The van der Waals surface area contributed by atoms with Crippen molar-refractivity contribution in [2.24, 2.45) is 0 Å². The van der Waals surface area contributed by atoms with Gasteiger partial charge in [0.05, 0.1) is 18.0 Å². The molecule has 1 N–H and O–H groups in total. The van der Waals surface area contributed by atoms with Gasteiger partial charge < -0.3 is 9.52 Å². The fourth-order valence-corrected chi connectivity index (χ4v) is 1.72. The van der Waals surface area contributed by atoms with Crippen LogP contribution in [-0.4, -0.2) is 15.1 Å². The van der Waals surface area contributed by atoms with Crippen LogP contribution >= 0.6 is 11.8 Å². The molecule has 0 aromatic carbocycles. The standard InChI is InChI=1S/C10H10N2O2S/c1-7(13)9-3-2-8(6-12-9)15-10-11-4-5-14-10/h2-7,13H,1H3. The second kappa shape index (κ2) is 4.46. The van der Waals surface area contributed by atoms with Gasteiger partial charge in [0, 0.05) is 11.1 Å². The maximum atomic E-state index is 9.27. The van der Waals surface area contributed by atoms with Crippen molar-refractivity contribution in [3.8, 4) is 0 Å². The van der Waals surface area contributed by atoms with Crippen LogP contribution in [0, 0.1) is 0 Å². The van der Waals surface area contributed by atoms with Crippen molar-refractivity contribution < 1.29 is 9.52 Å². The minimum atomic E-state index is -0.536. The fraction of sp³-hybridized carbons (Fsp3) is 0.200. The Bertz CT molecular complexity index is 411. The molecular weight excluding hydrogens is 212 g/mol. The van der Waals surface area contributed by atoms with Gasteiger partial charge in [-0.05, 0) is 30.8 Å². The average molecular weight is 222 g/mol. The van der Waals surface area contributed by atoms with E-state index in [1.807, 2.05) is 6.07 Å². The molecule has 78 valence electrons. The van der Waals surface area contributed by atoms with E-state index in [4.69, 9.17) is 4.42 Å². The van der Waals surface area contributed by atoms with Crippen LogP contribution in [0.4, 0.5) is 0 Å². The summed E-state index contributed by atoms with van der Waals surface area (Å²) in [6, 6.07) is 3.67. The first-order chi connectivity index (χ1) is 7.25. The lowest BCUT2D eigenvalue weighted by atomic mass is 10.2. The van der Waals surface area contributed by atoms with Gasteiger partial charge in [-0.3, -0.25) is 4.98 Å². The Kier molecular flexibility index (Phi) is 3.03. The number of aliphatic hydroxyl groups excluding tert-OH is 1. The van der Waals surface area contributed by atoms with Crippen LogP contribution in [0.1, 0.15) is 18.7 Å². The largest absolute Gasteiger partial charge is 0.440 e. The summed E-state index contributed by atoms with van der Waals surface area (Å²) in [7, 11) is 0. The highest BCUT2D eigenvalue weighted by atomic mass is 32.2. The van der Waals surface area contributed by atoms with Crippen LogP contribution in [0.25, 0.3) is 0 Å². The molecule has 0 aliphatic rings. The van der Waals surface area contributed by atoms with Crippen molar-refractivity contribution >= 4 is 11.8 Å². The van der Waals surface area contributed by atoms with E-state index in [1.54, 1.807) is 25.4 Å². The Hall–Kier alpha value is -1.33. The van der Waals surface area contributed by atoms with Crippen molar-refractivity contribution in [2.75, 3.05) is 0 Å². The molecule has 1 atom stereocenters. The Morgan fingerprint density at radius 2 is 2.27 bits per heavy atom. The Morgan fingerprint density at radius 3 is 2.80 bits per heavy atom. The van der Waals surface area contributed by atoms with Crippen LogP contribution in [0.3, 0.4) is 0 Å². The van der Waals surface area contributed by atoms with Gasteiger partial charge in [0.2, 0.25) is 0 Å². The molecule has 0 aliphatic heterocycles. The van der Waals surface area contributed by atoms with Crippen LogP contribution in [0.5, 0.6) is 0 Å². The van der Waals surface area contributed by atoms with E-state index in [1.165, 1.54) is 18.0 Å². The minimum Gasteiger partial charge on any atom is -0.440 e. The minimum absolute atomic E-state index is 0.536. The first-order valence-corrected chi connectivity index (χ1v) is 5.29. The van der Waals surface area contributed by atoms with Crippen LogP contribution in [-0.2, 0) is 0 Å². The summed E-state index contributed by atoms with van der Waals surface area (Å²) in [5.41, 5.74) is 0.659. The quantitative estimate of drug-likeness (QED) is 0.863. The summed E-state index contributed by atoms with van der Waals surface area (Å²) >= 11 is 1.39. The third-order valence-corrected chi connectivity index (χ3v) is 2.66. The van der Waals surface area contributed by atoms with Crippen LogP contribution < -0.4 is 0 Å². The maximum Gasteiger partial charge on any atom is 0.260 e. The van der Waals surface area contributed by atoms with E-state index in [-0.39, 0.29) is 0 Å². The van der Waals surface area contributed by atoms with Crippen molar-refractivity contribution in [1.29, 1.82) is 0 Å². The molecule has 0 fully saturated rings. The molecule has 0 saturated heterocycles. The molecule has 5 heteroatoms. The second-order valence-corrected chi connectivity index (χ2v) is 4.02. The Labute approximate surface area is 91.4 Å². The highest BCUT2D eigenvalue weighted by Crippen LogP contribution is 2.25. The van der Waals surface area contributed by atoms with Gasteiger partial charge in [0.15, 0.2) is 0 Å². The van der Waals surface area contributed by atoms with Crippen molar-refractivity contribution in [2.45, 2.75) is 23.1 Å². The summed E-state index contributed by atoms with van der Waals surface area (Å²) in [6.07, 6.45) is 4.28. The smallest absolute Gasteiger partial charge is 0.260 e. The summed E-state index contributed by atoms with van der Waals surface area (Å²) < 4.78 is 5.09. The topological polar surface area (TPSA) is 59.2 Å². The third kappa shape index (κ3) is 2.57. The SMILES string of the molecule is CC(O)c1ccc(Sc2ncco2)cn1. The number of rotatable bonds is 3. The van der Waals surface area contributed by atoms with Gasteiger partial charge in [-0.25, -0.2) is 4.98 Å². The summed E-state index contributed by atoms with van der Waals surface area (Å²) in [5, 5.41) is 9.86. The summed E-state index contributed by atoms with van der Waals surface area (Å²) in [6.45, 7) is 1.68. The summed E-state index contributed by atoms with van der Waals surface area (Å²) in [4.78, 5) is 9.04. The highest BCUT2D eigenvalue weighted by Gasteiger charge is 2.04. The molecule has 0 spiro atoms. The van der Waals surface area contributed by atoms with Gasteiger partial charge in [0.25, 0.3) is 5.22 Å². The molecule has 0 bridgehead atoms. The first kappa shape index (κ1) is 10.2. The lowest BCUT2D eigenvalue weighted by molar-refractivity contribution is 0.194. The van der Waals surface area contributed by atoms with E-state index in [9.17, 15) is 5.11 Å². The number of nitrogens with zero attached hydrogens (tertiary/aromatic N) is 2. The van der Waals surface area contributed by atoms with Gasteiger partial charge in [0.1, 0.15) is 6.26 Å². The van der Waals surface area contributed by atoms with Crippen molar-refractivity contribution in [3.63, 3.8) is 0 Å². The van der Waals surface area contributed by atoms with E-state index < -0.39 is 6.10 Å². The molecule has 2 rings (SSSR count). The van der Waals surface area contributed by atoms with Gasteiger partial charge in [-0.1, -0.05) is 0 Å². The van der Waals surface area contributed by atoms with Gasteiger partial charge >= 0.3 is 0 Å². The average Bonchev–Trinajstić information content (AvgIpc) is 2.71. The molecule has 4 nitrogen and oxygen atoms in total. The van der Waals surface area contributed by atoms with E-state index in [0.29, 0.717) is 10.9 Å². The van der Waals surface area contributed by atoms with Crippen molar-refractivity contribution in [3.05, 3.63) is 36.5 Å². The number of hydrogen-bond acceptors (Lipinski definition) is 5. The number of hydrogen-bond donors (Lipinski definition) is 1. The van der Waals surface area contributed by atoms with Gasteiger partial charge in [-0.15, -0.1) is 0 Å². The number of pyridine rings is 1. The lowest BCUT2D eigenvalue weighted by Crippen LogP contribution is -1.94. The molecule has 0 amide bonds. The molecule has 2 aromatic heterocycles. The highest BCUT2D eigenvalue weighted by molar-refractivity contribution is 7.99. The fourth-order valence-electron chi connectivity index (χ4n) is 1.06. The zero-order chi connectivity index (χ0) is 10.7. The normalized spacial score (nSPS) is 12.7. The molecule has 0 radical (unpaired) electrons. The summed E-state index contributed by atoms with van der Waals surface area (Å²) in [5.74, 6) is 0. The zero-order valence-corrected chi connectivity index (χ0v) is 8.94. The van der Waals surface area contributed by atoms with E-state index >= 15 is 0 Å².